The van der Waals surface area contributed by atoms with Gasteiger partial charge < -0.3 is 26.6 Å². The highest BCUT2D eigenvalue weighted by Gasteiger charge is 2.60. The fourth-order valence-corrected chi connectivity index (χ4v) is 8.96. The quantitative estimate of drug-likeness (QED) is 0.183. The Labute approximate surface area is 320 Å². The van der Waals surface area contributed by atoms with E-state index in [1.54, 1.807) is 0 Å². The van der Waals surface area contributed by atoms with Crippen molar-refractivity contribution in [3.8, 4) is 5.75 Å². The van der Waals surface area contributed by atoms with Crippen molar-refractivity contribution in [2.75, 3.05) is 19.4 Å². The van der Waals surface area contributed by atoms with Crippen LogP contribution in [0, 0.1) is 23.7 Å². The molecule has 54 heavy (non-hydrogen) atoms. The first kappa shape index (κ1) is 43.1. The number of rotatable bonds is 17. The van der Waals surface area contributed by atoms with E-state index < -0.39 is 68.9 Å². The Bertz CT molecular complexity index is 1740. The zero-order valence-corrected chi connectivity index (χ0v) is 33.4. The van der Waals surface area contributed by atoms with E-state index >= 15 is 4.79 Å². The Kier molecular flexibility index (Phi) is 14.6. The summed E-state index contributed by atoms with van der Waals surface area (Å²) in [5.41, 5.74) is 12.2. The van der Waals surface area contributed by atoms with Crippen molar-refractivity contribution in [2.45, 2.75) is 121 Å². The Balaban J connectivity index is 1.98. The van der Waals surface area contributed by atoms with E-state index in [4.69, 9.17) is 16.2 Å². The molecule has 1 heterocycles. The first-order valence-corrected chi connectivity index (χ1v) is 21.1. The van der Waals surface area contributed by atoms with Crippen molar-refractivity contribution < 1.29 is 37.4 Å². The van der Waals surface area contributed by atoms with Crippen LogP contribution in [0.25, 0.3) is 0 Å². The molecule has 1 aliphatic carbocycles. The number of benzene rings is 2. The number of aliphatic hydroxyl groups excluding tert-OH is 1. The van der Waals surface area contributed by atoms with E-state index in [9.17, 15) is 27.9 Å². The highest BCUT2D eigenvalue weighted by atomic mass is 32.2. The molecule has 0 radical (unpaired) electrons. The third-order valence-electron chi connectivity index (χ3n) is 10.9. The molecular weight excluding hydrogens is 709 g/mol. The summed E-state index contributed by atoms with van der Waals surface area (Å²) in [5.74, 6) is -5.01. The van der Waals surface area contributed by atoms with Gasteiger partial charge in [0.2, 0.25) is 17.7 Å². The van der Waals surface area contributed by atoms with Crippen LogP contribution in [0.3, 0.4) is 0 Å². The molecule has 13 heteroatoms. The van der Waals surface area contributed by atoms with Crippen LogP contribution in [0.15, 0.2) is 53.4 Å². The number of sulfone groups is 1. The highest BCUT2D eigenvalue weighted by molar-refractivity contribution is 7.90. The van der Waals surface area contributed by atoms with Crippen molar-refractivity contribution in [3.63, 3.8) is 0 Å². The van der Waals surface area contributed by atoms with Crippen molar-refractivity contribution in [3.05, 3.63) is 59.7 Å². The Morgan fingerprint density at radius 2 is 1.63 bits per heavy atom. The molecule has 0 saturated heterocycles. The fraction of sp³-hybridized carbons (Fsp3) is 0.610. The number of Topliss-reactive ketones (excluding diaryl/α,β-unsaturated/α-hetero) is 1. The van der Waals surface area contributed by atoms with Gasteiger partial charge >= 0.3 is 0 Å². The van der Waals surface area contributed by atoms with Gasteiger partial charge in [0.05, 0.1) is 29.6 Å². The van der Waals surface area contributed by atoms with Crippen molar-refractivity contribution in [2.24, 2.45) is 35.1 Å². The van der Waals surface area contributed by atoms with Gasteiger partial charge in [0.25, 0.3) is 0 Å². The van der Waals surface area contributed by atoms with Crippen LogP contribution in [-0.2, 0) is 35.4 Å². The molecule has 0 bridgehead atoms. The number of aliphatic hydroxyl groups is 1. The minimum Gasteiger partial charge on any atom is -0.493 e. The largest absolute Gasteiger partial charge is 0.493 e. The van der Waals surface area contributed by atoms with Gasteiger partial charge in [-0.2, -0.15) is 0 Å². The van der Waals surface area contributed by atoms with E-state index in [-0.39, 0.29) is 48.5 Å². The lowest BCUT2D eigenvalue weighted by Crippen LogP contribution is -2.68. The lowest BCUT2D eigenvalue weighted by atomic mass is 9.65. The molecule has 1 aliphatic heterocycles. The van der Waals surface area contributed by atoms with Crippen molar-refractivity contribution in [1.82, 2.24) is 10.2 Å². The van der Waals surface area contributed by atoms with Gasteiger partial charge in [0, 0.05) is 31.2 Å². The van der Waals surface area contributed by atoms with Gasteiger partial charge in [0.1, 0.15) is 17.3 Å². The molecule has 2 aliphatic rings. The number of hydrogen-bond acceptors (Lipinski definition) is 10. The summed E-state index contributed by atoms with van der Waals surface area (Å²) in [4.78, 5) is 59.3. The van der Waals surface area contributed by atoms with E-state index in [1.807, 2.05) is 58.0 Å². The molecule has 0 spiro atoms. The molecule has 4 rings (SSSR count). The molecular formula is C41H60N4O8S. The third kappa shape index (κ3) is 9.96. The molecule has 6 atom stereocenters. The normalized spacial score (nSPS) is 19.6. The van der Waals surface area contributed by atoms with Crippen LogP contribution in [0.5, 0.6) is 5.75 Å². The Hall–Kier alpha value is -3.65. The van der Waals surface area contributed by atoms with Crippen LogP contribution in [-0.4, -0.2) is 85.1 Å². The summed E-state index contributed by atoms with van der Waals surface area (Å²) < 4.78 is 31.8. The second kappa shape index (κ2) is 18.3. The predicted octanol–water partition coefficient (Wildman–Crippen LogP) is 3.91. The number of nitrogens with one attached hydrogen (secondary N) is 1. The zero-order chi connectivity index (χ0) is 40.0. The predicted molar refractivity (Wildman–Crippen MR) is 207 cm³/mol. The molecule has 2 unspecified atom stereocenters. The van der Waals surface area contributed by atoms with Gasteiger partial charge in [-0.3, -0.25) is 24.1 Å². The number of carbonyl (C=O) groups is 4. The number of imide groups is 1. The van der Waals surface area contributed by atoms with E-state index in [0.717, 1.165) is 48.8 Å². The summed E-state index contributed by atoms with van der Waals surface area (Å²) in [5, 5.41) is 14.9. The summed E-state index contributed by atoms with van der Waals surface area (Å²) in [6, 6.07) is 10.7. The number of amides is 3. The van der Waals surface area contributed by atoms with Crippen LogP contribution in [0.2, 0.25) is 0 Å². The average molecular weight is 769 g/mol. The van der Waals surface area contributed by atoms with Crippen molar-refractivity contribution >= 4 is 33.3 Å². The molecule has 1 fully saturated rings. The molecule has 1 saturated carbocycles. The van der Waals surface area contributed by atoms with E-state index in [1.165, 1.54) is 25.1 Å². The Morgan fingerprint density at radius 1 is 0.981 bits per heavy atom. The summed E-state index contributed by atoms with van der Waals surface area (Å²) in [6.07, 6.45) is 4.08. The third-order valence-corrected chi connectivity index (χ3v) is 12.0. The molecule has 6 N–H and O–H groups in total. The zero-order valence-electron chi connectivity index (χ0n) is 32.6. The molecule has 2 aromatic carbocycles. The number of hydrogen-bond donors (Lipinski definition) is 4. The number of carbonyl (C=O) groups excluding carboxylic acids is 4. The average Bonchev–Trinajstić information content (AvgIpc) is 3.55. The van der Waals surface area contributed by atoms with Gasteiger partial charge in [-0.25, -0.2) is 8.42 Å². The number of nitrogens with two attached hydrogens (primary N) is 2. The van der Waals surface area contributed by atoms with Crippen LogP contribution < -0.4 is 21.5 Å². The van der Waals surface area contributed by atoms with Gasteiger partial charge in [-0.1, -0.05) is 90.1 Å². The number of ether oxygens (including phenoxy) is 1. The lowest BCUT2D eigenvalue weighted by molar-refractivity contribution is -0.164. The number of ketones is 1. The smallest absolute Gasteiger partial charge is 0.247 e. The minimum absolute atomic E-state index is 0.00999. The standard InChI is InChI=1S/C41H60N4O8S/c1-25(2)22-41(33-24-53-35-18-17-30(21-31(33)35)54(6,51)52,45(27(5)46)40(50)34(42)20-29-15-11-8-12-16-29)38(48)32(19-28-13-9-7-10-14-28)37(47)36(43)39(49)44-23-26(3)4/h8,11-12,15-18,21,25-26,28,32-34,36-37,47H,7,9-10,13-14,19-20,22-24,42-43H2,1-6H3,(H,44,49)/t32-,33-,34-,36?,37?,41-/m0/s1. The summed E-state index contributed by atoms with van der Waals surface area (Å²) >= 11 is 0. The summed E-state index contributed by atoms with van der Waals surface area (Å²) in [7, 11) is -3.73. The molecule has 3 amide bonds. The van der Waals surface area contributed by atoms with E-state index in [0.29, 0.717) is 17.9 Å². The maximum atomic E-state index is 16.0. The second-order valence-electron chi connectivity index (χ2n) is 16.2. The summed E-state index contributed by atoms with van der Waals surface area (Å²) in [6.45, 7) is 8.90. The molecule has 12 nitrogen and oxygen atoms in total. The fourth-order valence-electron chi connectivity index (χ4n) is 8.30. The maximum Gasteiger partial charge on any atom is 0.247 e. The first-order chi connectivity index (χ1) is 25.4. The van der Waals surface area contributed by atoms with Crippen molar-refractivity contribution in [1.29, 1.82) is 0 Å². The molecule has 0 aromatic heterocycles. The van der Waals surface area contributed by atoms with Crippen LogP contribution in [0.1, 0.15) is 96.6 Å². The van der Waals surface area contributed by atoms with Crippen LogP contribution in [0.4, 0.5) is 0 Å². The van der Waals surface area contributed by atoms with Gasteiger partial charge in [-0.15, -0.1) is 0 Å². The minimum atomic E-state index is -3.73. The maximum absolute atomic E-state index is 16.0. The topological polar surface area (TPSA) is 199 Å². The monoisotopic (exact) mass is 768 g/mol. The van der Waals surface area contributed by atoms with E-state index in [2.05, 4.69) is 5.32 Å². The van der Waals surface area contributed by atoms with Crippen LogP contribution >= 0.6 is 0 Å². The number of nitrogens with zero attached hydrogens (tertiary/aromatic N) is 1. The SMILES string of the molecule is CC(=O)N(C(=O)[C@@H](N)Cc1ccccc1)[C@](CC(C)C)(C(=O)[C@@H](CC1CCCCC1)C(O)C(N)C(=O)NCC(C)C)[C@H]1COc2ccc(S(C)(=O)=O)cc21. The van der Waals surface area contributed by atoms with Gasteiger partial charge in [0.15, 0.2) is 15.6 Å². The Morgan fingerprint density at radius 3 is 2.20 bits per heavy atom. The lowest BCUT2D eigenvalue weighted by Gasteiger charge is -2.49. The first-order valence-electron chi connectivity index (χ1n) is 19.2. The second-order valence-corrected chi connectivity index (χ2v) is 18.2. The molecule has 298 valence electrons. The van der Waals surface area contributed by atoms with Gasteiger partial charge in [-0.05, 0) is 60.8 Å². The highest BCUT2D eigenvalue weighted by Crippen LogP contribution is 2.50. The molecule has 2 aromatic rings. The number of fused-ring (bicyclic) bond motifs is 1.